The van der Waals surface area contributed by atoms with E-state index in [-0.39, 0.29) is 0 Å². The third-order valence-electron chi connectivity index (χ3n) is 12.2. The molecule has 1 saturated heterocycles. The number of esters is 5. The minimum Gasteiger partial charge on any atom is -0.504 e. The van der Waals surface area contributed by atoms with Crippen LogP contribution >= 0.6 is 0 Å². The number of phenolic OH excluding ortho intramolecular Hbond substituents is 11. The van der Waals surface area contributed by atoms with E-state index in [9.17, 15) is 99.9 Å². The molecule has 4 aliphatic heterocycles. The molecular formula is C44H32O27. The van der Waals surface area contributed by atoms with Crippen LogP contribution < -0.4 is 4.74 Å². The summed E-state index contributed by atoms with van der Waals surface area (Å²) in [6, 6.07) is 2.40. The highest BCUT2D eigenvalue weighted by Crippen LogP contribution is 2.61. The molecule has 9 rings (SSSR count). The summed E-state index contributed by atoms with van der Waals surface area (Å²) in [6.07, 6.45) is -13.2. The van der Waals surface area contributed by atoms with E-state index in [0.717, 1.165) is 6.92 Å². The number of rotatable bonds is 4. The van der Waals surface area contributed by atoms with Gasteiger partial charge in [0.15, 0.2) is 75.3 Å². The van der Waals surface area contributed by atoms with Crippen LogP contribution in [-0.4, -0.2) is 156 Å². The zero-order valence-electron chi connectivity index (χ0n) is 35.4. The van der Waals surface area contributed by atoms with Gasteiger partial charge < -0.3 is 99.5 Å². The molecule has 27 nitrogen and oxygen atoms in total. The van der Waals surface area contributed by atoms with Crippen molar-refractivity contribution in [2.75, 3.05) is 6.61 Å². The van der Waals surface area contributed by atoms with Gasteiger partial charge in [-0.05, 0) is 43.3 Å². The summed E-state index contributed by atoms with van der Waals surface area (Å²) in [6.45, 7) is -0.420. The molecule has 0 unspecified atom stereocenters. The molecule has 0 spiro atoms. The smallest absolute Gasteiger partial charge is 0.341 e. The van der Waals surface area contributed by atoms with Crippen molar-refractivity contribution in [3.8, 4) is 80.1 Å². The molecule has 4 aromatic rings. The fourth-order valence-electron chi connectivity index (χ4n) is 8.90. The molecule has 71 heavy (non-hydrogen) atoms. The van der Waals surface area contributed by atoms with Crippen molar-refractivity contribution in [1.82, 2.24) is 0 Å². The van der Waals surface area contributed by atoms with Crippen molar-refractivity contribution in [2.24, 2.45) is 0 Å². The summed E-state index contributed by atoms with van der Waals surface area (Å²) in [4.78, 5) is 98.4. The van der Waals surface area contributed by atoms with Crippen LogP contribution in [0.2, 0.25) is 0 Å². The second-order valence-corrected chi connectivity index (χ2v) is 16.5. The summed E-state index contributed by atoms with van der Waals surface area (Å²) < 4.78 is 39.7. The maximum absolute atomic E-state index is 14.8. The Labute approximate surface area is 391 Å². The van der Waals surface area contributed by atoms with Crippen LogP contribution in [0, 0.1) is 0 Å². The standard InChI is InChI=1S/C44H32O27/c1-10(45)8-43(63)22(51)7-15-26-25-14(6-20(50)30(55)34(25)71-44(26,43)64)39(60)69-36-35(68-37(58)11-2-16(46)27(52)17(47)3-11)33(67-41(15)62)21-9-65-38(59)12-4-18(48)28(53)31(56)23(12)24-13(40(61)70-42(36)66-21)5-19(49)29(54)32(24)57/h2-7,21,26,33,35-36,42,46-50,52-57,63-64H,8-9H2,1H3/t21-,26+,33-,35+,36-,42+,43+,44-/m1/s1. The molecule has 27 heteroatoms. The number of aromatic hydroxyl groups is 11. The number of hydrogen-bond acceptors (Lipinski definition) is 27. The van der Waals surface area contributed by atoms with Crippen LogP contribution in [0.25, 0.3) is 11.1 Å². The molecule has 5 aliphatic rings. The predicted octanol–water partition coefficient (Wildman–Crippen LogP) is -0.0722. The molecular weight excluding hydrogens is 960 g/mol. The number of carbonyl (C=O) groups excluding carboxylic acids is 7. The average Bonchev–Trinajstić information content (AvgIpc) is 3.63. The third kappa shape index (κ3) is 6.88. The molecule has 0 radical (unpaired) electrons. The number of ether oxygens (including phenoxy) is 7. The number of Topliss-reactive ketones (excluding diaryl/α,β-unsaturated/α-hetero) is 1. The SMILES string of the molecule is CC(=O)C[C@]1(O)C(=O)C=C2C(=O)O[C@H]3[C@H](OC(=O)c4cc(O)c(O)c(O)c4)[C@@H](OC(=O)c4cc(O)c(O)c5c4[C@H]2[C@@]1(O)O5)[C@@H]1OC(=O)c2cc(O)c(O)c(O)c2-c2c(cc(O)c(O)c2O)C(=O)OC[C@H]3O1. The normalized spacial score (nSPS) is 26.4. The lowest BCUT2D eigenvalue weighted by molar-refractivity contribution is -0.286. The number of phenols is 11. The Hall–Kier alpha value is -9.21. The van der Waals surface area contributed by atoms with Gasteiger partial charge in [0, 0.05) is 23.1 Å². The summed E-state index contributed by atoms with van der Waals surface area (Å²) in [5.74, 6) is -32.4. The van der Waals surface area contributed by atoms with Crippen LogP contribution in [0.4, 0.5) is 0 Å². The van der Waals surface area contributed by atoms with Crippen LogP contribution in [-0.2, 0) is 42.8 Å². The summed E-state index contributed by atoms with van der Waals surface area (Å²) >= 11 is 0. The molecule has 0 saturated carbocycles. The fraction of sp³-hybridized carbons (Fsp3) is 0.250. The van der Waals surface area contributed by atoms with Crippen LogP contribution in [0.3, 0.4) is 0 Å². The number of fused-ring (bicyclic) bond motifs is 9. The quantitative estimate of drug-likeness (QED) is 0.0723. The van der Waals surface area contributed by atoms with E-state index in [4.69, 9.17) is 33.2 Å². The molecule has 4 bridgehead atoms. The van der Waals surface area contributed by atoms with E-state index in [1.54, 1.807) is 0 Å². The first kappa shape index (κ1) is 46.9. The molecule has 1 aliphatic carbocycles. The predicted molar refractivity (Wildman–Crippen MR) is 217 cm³/mol. The summed E-state index contributed by atoms with van der Waals surface area (Å²) in [5, 5.41) is 141. The number of ketones is 2. The van der Waals surface area contributed by atoms with Gasteiger partial charge in [0.2, 0.25) is 29.6 Å². The topological polar surface area (TPSA) is 447 Å². The van der Waals surface area contributed by atoms with Crippen molar-refractivity contribution in [1.29, 1.82) is 0 Å². The van der Waals surface area contributed by atoms with E-state index in [2.05, 4.69) is 0 Å². The fourth-order valence-corrected chi connectivity index (χ4v) is 8.90. The van der Waals surface area contributed by atoms with Gasteiger partial charge in [-0.3, -0.25) is 9.59 Å². The highest BCUT2D eigenvalue weighted by atomic mass is 16.7. The zero-order valence-corrected chi connectivity index (χ0v) is 35.4. The minimum absolute atomic E-state index is 0.362. The van der Waals surface area contributed by atoms with E-state index in [0.29, 0.717) is 36.4 Å². The van der Waals surface area contributed by atoms with E-state index in [1.807, 2.05) is 0 Å². The highest BCUT2D eigenvalue weighted by molar-refractivity contribution is 6.11. The molecule has 370 valence electrons. The van der Waals surface area contributed by atoms with Gasteiger partial charge in [0.05, 0.1) is 33.7 Å². The van der Waals surface area contributed by atoms with Gasteiger partial charge in [0.25, 0.3) is 5.79 Å². The monoisotopic (exact) mass is 992 g/mol. The number of benzene rings is 4. The third-order valence-corrected chi connectivity index (χ3v) is 12.2. The molecule has 0 aromatic heterocycles. The molecule has 1 fully saturated rings. The summed E-state index contributed by atoms with van der Waals surface area (Å²) in [7, 11) is 0. The van der Waals surface area contributed by atoms with Gasteiger partial charge in [0.1, 0.15) is 18.5 Å². The van der Waals surface area contributed by atoms with Gasteiger partial charge >= 0.3 is 29.8 Å². The Morgan fingerprint density at radius 3 is 1.75 bits per heavy atom. The number of hydrogen-bond donors (Lipinski definition) is 13. The number of cyclic esters (lactones) is 1. The van der Waals surface area contributed by atoms with E-state index < -0.39 is 216 Å². The first-order valence-corrected chi connectivity index (χ1v) is 20.2. The van der Waals surface area contributed by atoms with Gasteiger partial charge in [-0.15, -0.1) is 0 Å². The minimum atomic E-state index is -3.55. The van der Waals surface area contributed by atoms with Gasteiger partial charge in [-0.2, -0.15) is 0 Å². The lowest BCUT2D eigenvalue weighted by Crippen LogP contribution is -2.67. The second-order valence-electron chi connectivity index (χ2n) is 16.5. The molecule has 4 heterocycles. The van der Waals surface area contributed by atoms with Crippen molar-refractivity contribution in [2.45, 2.75) is 61.4 Å². The maximum atomic E-state index is 14.8. The molecule has 4 aromatic carbocycles. The van der Waals surface area contributed by atoms with E-state index in [1.165, 1.54) is 0 Å². The largest absolute Gasteiger partial charge is 0.504 e. The van der Waals surface area contributed by atoms with Crippen molar-refractivity contribution in [3.05, 3.63) is 69.8 Å². The number of aliphatic hydroxyl groups is 2. The Balaban J connectivity index is 1.29. The number of carbonyl (C=O) groups is 7. The highest BCUT2D eigenvalue weighted by Gasteiger charge is 2.71. The molecule has 8 atom stereocenters. The Morgan fingerprint density at radius 1 is 0.634 bits per heavy atom. The molecule has 0 amide bonds. The Kier molecular flexibility index (Phi) is 10.5. The van der Waals surface area contributed by atoms with Crippen LogP contribution in [0.1, 0.15) is 66.3 Å². The van der Waals surface area contributed by atoms with Gasteiger partial charge in [-0.1, -0.05) is 0 Å². The Bertz CT molecular complexity index is 3150. The lowest BCUT2D eigenvalue weighted by Gasteiger charge is -2.45. The summed E-state index contributed by atoms with van der Waals surface area (Å²) in [5.41, 5.74) is -11.4. The van der Waals surface area contributed by atoms with Gasteiger partial charge in [-0.25, -0.2) is 24.0 Å². The zero-order chi connectivity index (χ0) is 51.7. The van der Waals surface area contributed by atoms with Crippen molar-refractivity contribution < 1.29 is 133 Å². The van der Waals surface area contributed by atoms with Crippen molar-refractivity contribution in [3.63, 3.8) is 0 Å². The van der Waals surface area contributed by atoms with E-state index >= 15 is 0 Å². The Morgan fingerprint density at radius 2 is 1.15 bits per heavy atom. The first-order chi connectivity index (χ1) is 33.3. The van der Waals surface area contributed by atoms with Crippen LogP contribution in [0.15, 0.2) is 42.0 Å². The van der Waals surface area contributed by atoms with Crippen molar-refractivity contribution >= 4 is 41.4 Å². The second kappa shape index (κ2) is 15.9. The first-order valence-electron chi connectivity index (χ1n) is 20.2. The average molecular weight is 993 g/mol. The lowest BCUT2D eigenvalue weighted by atomic mass is 9.67. The van der Waals surface area contributed by atoms with Crippen LogP contribution in [0.5, 0.6) is 69.0 Å². The maximum Gasteiger partial charge on any atom is 0.341 e. The molecule has 13 N–H and O–H groups in total.